The molecule has 0 fully saturated rings. The third kappa shape index (κ3) is 5.00. The number of pyridine rings is 1. The van der Waals surface area contributed by atoms with Gasteiger partial charge in [-0.15, -0.1) is 0 Å². The van der Waals surface area contributed by atoms with Gasteiger partial charge in [0.15, 0.2) is 11.6 Å². The molecule has 0 aliphatic carbocycles. The highest BCUT2D eigenvalue weighted by Gasteiger charge is 2.10. The van der Waals surface area contributed by atoms with Crippen LogP contribution in [0, 0.1) is 23.0 Å². The average Bonchev–Trinajstić information content (AvgIpc) is 2.75. The van der Waals surface area contributed by atoms with Gasteiger partial charge in [-0.3, -0.25) is 4.79 Å². The van der Waals surface area contributed by atoms with Gasteiger partial charge >= 0.3 is 0 Å². The number of aromatic nitrogens is 1. The van der Waals surface area contributed by atoms with E-state index in [1.54, 1.807) is 6.07 Å². The molecule has 0 atom stereocenters. The first kappa shape index (κ1) is 21.0. The topological polar surface area (TPSA) is 87.0 Å². The lowest BCUT2D eigenvalue weighted by Gasteiger charge is -2.10. The van der Waals surface area contributed by atoms with Crippen LogP contribution in [0.1, 0.15) is 29.3 Å². The predicted octanol–water partition coefficient (Wildman–Crippen LogP) is 4.02. The largest absolute Gasteiger partial charge is 0.494 e. The molecular weight excluding hydrogens is 390 g/mol. The monoisotopic (exact) mass is 410 g/mol. The number of amides is 1. The predicted molar refractivity (Wildman–Crippen MR) is 109 cm³/mol. The Kier molecular flexibility index (Phi) is 6.75. The molecule has 0 unspecified atom stereocenters. The van der Waals surface area contributed by atoms with Crippen LogP contribution in [-0.4, -0.2) is 30.6 Å². The van der Waals surface area contributed by atoms with Gasteiger partial charge in [-0.25, -0.2) is 13.8 Å². The van der Waals surface area contributed by atoms with Crippen LogP contribution < -0.4 is 15.4 Å². The van der Waals surface area contributed by atoms with E-state index < -0.39 is 17.5 Å². The van der Waals surface area contributed by atoms with Crippen LogP contribution in [0.5, 0.6) is 5.75 Å². The number of carbonyl (C=O) groups excluding carboxylic acids is 1. The summed E-state index contributed by atoms with van der Waals surface area (Å²) in [7, 11) is 0. The fourth-order valence-corrected chi connectivity index (χ4v) is 2.87. The van der Waals surface area contributed by atoms with E-state index >= 15 is 0 Å². The van der Waals surface area contributed by atoms with Crippen molar-refractivity contribution in [3.8, 4) is 11.8 Å². The van der Waals surface area contributed by atoms with Crippen molar-refractivity contribution >= 4 is 22.6 Å². The molecule has 0 saturated carbocycles. The number of halogens is 2. The molecule has 2 aromatic carbocycles. The summed E-state index contributed by atoms with van der Waals surface area (Å²) in [5.74, 6) is -1.38. The lowest BCUT2D eigenvalue weighted by atomic mass is 10.1. The minimum Gasteiger partial charge on any atom is -0.494 e. The van der Waals surface area contributed by atoms with Crippen molar-refractivity contribution in [2.24, 2.45) is 0 Å². The van der Waals surface area contributed by atoms with E-state index in [0.717, 1.165) is 23.0 Å². The molecule has 1 heterocycles. The van der Waals surface area contributed by atoms with Crippen molar-refractivity contribution in [2.45, 2.75) is 13.3 Å². The molecule has 3 aromatic rings. The third-order valence-electron chi connectivity index (χ3n) is 4.33. The SMILES string of the molecule is CCOc1ccc2nc(NCCCNC(=O)c3ccc(F)c(F)c3)c(C#N)cc2c1. The van der Waals surface area contributed by atoms with Gasteiger partial charge in [0.1, 0.15) is 17.6 Å². The number of nitriles is 1. The zero-order valence-electron chi connectivity index (χ0n) is 16.3. The Balaban J connectivity index is 1.56. The quantitative estimate of drug-likeness (QED) is 0.548. The van der Waals surface area contributed by atoms with Gasteiger partial charge in [0.05, 0.1) is 17.7 Å². The van der Waals surface area contributed by atoms with E-state index in [-0.39, 0.29) is 5.56 Å². The molecule has 30 heavy (non-hydrogen) atoms. The van der Waals surface area contributed by atoms with E-state index in [4.69, 9.17) is 4.74 Å². The zero-order valence-corrected chi connectivity index (χ0v) is 16.3. The van der Waals surface area contributed by atoms with Crippen LogP contribution in [0.2, 0.25) is 0 Å². The van der Waals surface area contributed by atoms with Gasteiger partial charge in [0.25, 0.3) is 5.91 Å². The number of rotatable bonds is 8. The Hall–Kier alpha value is -3.73. The van der Waals surface area contributed by atoms with Crippen molar-refractivity contribution in [3.63, 3.8) is 0 Å². The minimum atomic E-state index is -1.07. The Labute approximate surface area is 172 Å². The van der Waals surface area contributed by atoms with Gasteiger partial charge in [0.2, 0.25) is 0 Å². The maximum Gasteiger partial charge on any atom is 0.251 e. The first-order chi connectivity index (χ1) is 14.5. The van der Waals surface area contributed by atoms with Gasteiger partial charge in [-0.05, 0) is 55.8 Å². The Morgan fingerprint density at radius 1 is 1.13 bits per heavy atom. The van der Waals surface area contributed by atoms with Crippen LogP contribution >= 0.6 is 0 Å². The van der Waals surface area contributed by atoms with Gasteiger partial charge < -0.3 is 15.4 Å². The molecule has 154 valence electrons. The summed E-state index contributed by atoms with van der Waals surface area (Å²) in [4.78, 5) is 16.5. The second-order valence-electron chi connectivity index (χ2n) is 6.45. The number of nitrogens with zero attached hydrogens (tertiary/aromatic N) is 2. The van der Waals surface area contributed by atoms with Crippen LogP contribution in [0.4, 0.5) is 14.6 Å². The number of ether oxygens (including phenoxy) is 1. The average molecular weight is 410 g/mol. The second kappa shape index (κ2) is 9.65. The molecule has 6 nitrogen and oxygen atoms in total. The summed E-state index contributed by atoms with van der Waals surface area (Å²) in [5, 5.41) is 16.0. The summed E-state index contributed by atoms with van der Waals surface area (Å²) in [5.41, 5.74) is 1.19. The molecule has 1 amide bonds. The molecule has 0 spiro atoms. The van der Waals surface area contributed by atoms with Gasteiger partial charge in [-0.1, -0.05) is 0 Å². The molecule has 8 heteroatoms. The van der Waals surface area contributed by atoms with Gasteiger partial charge in [0, 0.05) is 24.0 Å². The Morgan fingerprint density at radius 3 is 2.70 bits per heavy atom. The summed E-state index contributed by atoms with van der Waals surface area (Å²) < 4.78 is 31.6. The van der Waals surface area contributed by atoms with Crippen LogP contribution in [0.15, 0.2) is 42.5 Å². The van der Waals surface area contributed by atoms with E-state index in [9.17, 15) is 18.8 Å². The number of anilines is 1. The van der Waals surface area contributed by atoms with Crippen LogP contribution in [0.25, 0.3) is 10.9 Å². The molecule has 0 aliphatic heterocycles. The number of hydrogen-bond donors (Lipinski definition) is 2. The lowest BCUT2D eigenvalue weighted by molar-refractivity contribution is 0.0953. The van der Waals surface area contributed by atoms with Crippen LogP contribution in [-0.2, 0) is 0 Å². The Morgan fingerprint density at radius 2 is 1.97 bits per heavy atom. The zero-order chi connectivity index (χ0) is 21.5. The molecular formula is C22H20F2N4O2. The number of hydrogen-bond acceptors (Lipinski definition) is 5. The normalized spacial score (nSPS) is 10.5. The van der Waals surface area contributed by atoms with Crippen LogP contribution in [0.3, 0.4) is 0 Å². The first-order valence-corrected chi connectivity index (χ1v) is 9.46. The number of carbonyl (C=O) groups is 1. The fraction of sp³-hybridized carbons (Fsp3) is 0.227. The summed E-state index contributed by atoms with van der Waals surface area (Å²) in [6.07, 6.45) is 0.545. The highest BCUT2D eigenvalue weighted by atomic mass is 19.2. The minimum absolute atomic E-state index is 0.0521. The molecule has 2 N–H and O–H groups in total. The number of benzene rings is 2. The maximum atomic E-state index is 13.2. The highest BCUT2D eigenvalue weighted by molar-refractivity contribution is 5.94. The van der Waals surface area contributed by atoms with Crippen molar-refractivity contribution < 1.29 is 18.3 Å². The van der Waals surface area contributed by atoms with E-state index in [1.165, 1.54) is 6.07 Å². The summed E-state index contributed by atoms with van der Waals surface area (Å²) in [6, 6.07) is 12.4. The molecule has 0 aliphatic rings. The van der Waals surface area contributed by atoms with E-state index in [1.807, 2.05) is 25.1 Å². The molecule has 3 rings (SSSR count). The number of fused-ring (bicyclic) bond motifs is 1. The molecule has 1 aromatic heterocycles. The molecule has 0 radical (unpaired) electrons. The highest BCUT2D eigenvalue weighted by Crippen LogP contribution is 2.24. The number of nitrogens with one attached hydrogen (secondary N) is 2. The summed E-state index contributed by atoms with van der Waals surface area (Å²) >= 11 is 0. The van der Waals surface area contributed by atoms with E-state index in [0.29, 0.717) is 43.2 Å². The second-order valence-corrected chi connectivity index (χ2v) is 6.45. The standard InChI is InChI=1S/C22H20F2N4O2/c1-2-30-17-5-7-20-15(11-17)10-16(13-25)21(28-20)26-8-3-9-27-22(29)14-4-6-18(23)19(24)12-14/h4-7,10-12H,2-3,8-9H2,1H3,(H,26,28)(H,27,29). The first-order valence-electron chi connectivity index (χ1n) is 9.46. The Bertz CT molecular complexity index is 1110. The van der Waals surface area contributed by atoms with E-state index in [2.05, 4.69) is 21.7 Å². The van der Waals surface area contributed by atoms with Gasteiger partial charge in [-0.2, -0.15) is 5.26 Å². The lowest BCUT2D eigenvalue weighted by Crippen LogP contribution is -2.26. The van der Waals surface area contributed by atoms with Crippen molar-refractivity contribution in [1.82, 2.24) is 10.3 Å². The van der Waals surface area contributed by atoms with Crippen molar-refractivity contribution in [1.29, 1.82) is 5.26 Å². The van der Waals surface area contributed by atoms with Crippen molar-refractivity contribution in [3.05, 3.63) is 65.2 Å². The maximum absolute atomic E-state index is 13.2. The van der Waals surface area contributed by atoms with Crippen molar-refractivity contribution in [2.75, 3.05) is 25.0 Å². The molecule has 0 bridgehead atoms. The fourth-order valence-electron chi connectivity index (χ4n) is 2.87. The molecule has 0 saturated heterocycles. The third-order valence-corrected chi connectivity index (χ3v) is 4.33. The smallest absolute Gasteiger partial charge is 0.251 e. The summed E-state index contributed by atoms with van der Waals surface area (Å²) in [6.45, 7) is 3.23.